The van der Waals surface area contributed by atoms with Gasteiger partial charge in [0, 0.05) is 12.0 Å². The Morgan fingerprint density at radius 3 is 2.94 bits per heavy atom. The van der Waals surface area contributed by atoms with Gasteiger partial charge in [-0.1, -0.05) is 23.8 Å². The van der Waals surface area contributed by atoms with Gasteiger partial charge in [-0.25, -0.2) is 0 Å². The monoisotopic (exact) mass is 219 g/mol. The number of benzene rings is 1. The molecule has 0 amide bonds. The molecule has 2 heteroatoms. The van der Waals surface area contributed by atoms with Crippen molar-refractivity contribution in [2.45, 2.75) is 38.6 Å². The fourth-order valence-electron chi connectivity index (χ4n) is 2.68. The summed E-state index contributed by atoms with van der Waals surface area (Å²) >= 11 is 0. The molecular weight excluding hydrogens is 198 g/mol. The molecule has 0 aromatic heterocycles. The van der Waals surface area contributed by atoms with Crippen molar-refractivity contribution in [2.75, 3.05) is 13.2 Å². The maximum Gasteiger partial charge on any atom is 0.0590 e. The SMILES string of the molecule is Cc1ccc(C)c(C2CCCNC2CO)c1. The van der Waals surface area contributed by atoms with Crippen molar-refractivity contribution < 1.29 is 5.11 Å². The van der Waals surface area contributed by atoms with Gasteiger partial charge in [0.1, 0.15) is 0 Å². The second-order valence-corrected chi connectivity index (χ2v) is 4.85. The molecule has 1 aliphatic rings. The highest BCUT2D eigenvalue weighted by molar-refractivity contribution is 5.34. The zero-order valence-electron chi connectivity index (χ0n) is 10.2. The predicted octanol–water partition coefficient (Wildman–Crippen LogP) is 2.13. The van der Waals surface area contributed by atoms with E-state index in [4.69, 9.17) is 0 Å². The van der Waals surface area contributed by atoms with E-state index in [0.717, 1.165) is 6.54 Å². The molecule has 2 unspecified atom stereocenters. The van der Waals surface area contributed by atoms with Gasteiger partial charge >= 0.3 is 0 Å². The first-order valence-corrected chi connectivity index (χ1v) is 6.13. The fourth-order valence-corrected chi connectivity index (χ4v) is 2.68. The number of piperidine rings is 1. The molecule has 16 heavy (non-hydrogen) atoms. The first-order chi connectivity index (χ1) is 7.72. The molecule has 1 heterocycles. The van der Waals surface area contributed by atoms with E-state index in [9.17, 15) is 5.11 Å². The van der Waals surface area contributed by atoms with Crippen molar-refractivity contribution in [1.29, 1.82) is 0 Å². The third-order valence-corrected chi connectivity index (χ3v) is 3.62. The topological polar surface area (TPSA) is 32.3 Å². The van der Waals surface area contributed by atoms with Crippen molar-refractivity contribution in [3.63, 3.8) is 0 Å². The normalized spacial score (nSPS) is 25.7. The lowest BCUT2D eigenvalue weighted by molar-refractivity contribution is 0.201. The lowest BCUT2D eigenvalue weighted by Gasteiger charge is -2.32. The van der Waals surface area contributed by atoms with Gasteiger partial charge in [0.15, 0.2) is 0 Å². The first-order valence-electron chi connectivity index (χ1n) is 6.13. The van der Waals surface area contributed by atoms with E-state index in [2.05, 4.69) is 37.4 Å². The van der Waals surface area contributed by atoms with Crippen LogP contribution in [0.15, 0.2) is 18.2 Å². The summed E-state index contributed by atoms with van der Waals surface area (Å²) in [5, 5.41) is 12.8. The number of hydrogen-bond acceptors (Lipinski definition) is 2. The maximum absolute atomic E-state index is 9.42. The molecule has 1 saturated heterocycles. The van der Waals surface area contributed by atoms with Crippen LogP contribution >= 0.6 is 0 Å². The molecule has 88 valence electrons. The summed E-state index contributed by atoms with van der Waals surface area (Å²) in [6.07, 6.45) is 2.39. The second kappa shape index (κ2) is 4.98. The van der Waals surface area contributed by atoms with Gasteiger partial charge in [-0.05, 0) is 44.4 Å². The Balaban J connectivity index is 2.30. The Morgan fingerprint density at radius 2 is 2.19 bits per heavy atom. The standard InChI is InChI=1S/C14H21NO/c1-10-5-6-11(2)13(8-10)12-4-3-7-15-14(12)9-16/h5-6,8,12,14-16H,3-4,7,9H2,1-2H3. The van der Waals surface area contributed by atoms with E-state index >= 15 is 0 Å². The molecule has 0 spiro atoms. The van der Waals surface area contributed by atoms with Crippen LogP contribution in [-0.2, 0) is 0 Å². The number of aliphatic hydroxyl groups excluding tert-OH is 1. The van der Waals surface area contributed by atoms with Crippen LogP contribution in [0.1, 0.15) is 35.4 Å². The largest absolute Gasteiger partial charge is 0.395 e. The molecule has 1 fully saturated rings. The Bertz CT molecular complexity index is 362. The maximum atomic E-state index is 9.42. The lowest BCUT2D eigenvalue weighted by Crippen LogP contribution is -2.42. The van der Waals surface area contributed by atoms with Crippen LogP contribution in [0.4, 0.5) is 0 Å². The van der Waals surface area contributed by atoms with Crippen LogP contribution in [0, 0.1) is 13.8 Å². The Hall–Kier alpha value is -0.860. The summed E-state index contributed by atoms with van der Waals surface area (Å²) in [5.41, 5.74) is 4.06. The number of aliphatic hydroxyl groups is 1. The minimum Gasteiger partial charge on any atom is -0.395 e. The van der Waals surface area contributed by atoms with Crippen LogP contribution < -0.4 is 5.32 Å². The van der Waals surface area contributed by atoms with E-state index in [-0.39, 0.29) is 12.6 Å². The summed E-state index contributed by atoms with van der Waals surface area (Å²) in [4.78, 5) is 0. The van der Waals surface area contributed by atoms with Gasteiger partial charge in [0.2, 0.25) is 0 Å². The third-order valence-electron chi connectivity index (χ3n) is 3.62. The van der Waals surface area contributed by atoms with Crippen molar-refractivity contribution in [3.8, 4) is 0 Å². The summed E-state index contributed by atoms with van der Waals surface area (Å²) in [6, 6.07) is 6.85. The average molecular weight is 219 g/mol. The van der Waals surface area contributed by atoms with Crippen LogP contribution in [-0.4, -0.2) is 24.3 Å². The van der Waals surface area contributed by atoms with Gasteiger partial charge in [0.05, 0.1) is 6.61 Å². The van der Waals surface area contributed by atoms with Gasteiger partial charge < -0.3 is 10.4 Å². The van der Waals surface area contributed by atoms with E-state index < -0.39 is 0 Å². The molecule has 1 aromatic carbocycles. The zero-order valence-corrected chi connectivity index (χ0v) is 10.2. The average Bonchev–Trinajstić information content (AvgIpc) is 2.32. The van der Waals surface area contributed by atoms with E-state index in [1.807, 2.05) is 0 Å². The third kappa shape index (κ3) is 2.28. The number of nitrogens with one attached hydrogen (secondary N) is 1. The van der Waals surface area contributed by atoms with E-state index in [1.54, 1.807) is 0 Å². The van der Waals surface area contributed by atoms with Gasteiger partial charge in [-0.3, -0.25) is 0 Å². The van der Waals surface area contributed by atoms with Gasteiger partial charge in [-0.15, -0.1) is 0 Å². The molecular formula is C14H21NO. The molecule has 0 bridgehead atoms. The highest BCUT2D eigenvalue weighted by Crippen LogP contribution is 2.30. The van der Waals surface area contributed by atoms with Crippen LogP contribution in [0.25, 0.3) is 0 Å². The molecule has 0 aliphatic carbocycles. The second-order valence-electron chi connectivity index (χ2n) is 4.85. The number of aryl methyl sites for hydroxylation is 2. The van der Waals surface area contributed by atoms with E-state index in [0.29, 0.717) is 5.92 Å². The first kappa shape index (κ1) is 11.6. The highest BCUT2D eigenvalue weighted by atomic mass is 16.3. The summed E-state index contributed by atoms with van der Waals surface area (Å²) in [6.45, 7) is 5.57. The van der Waals surface area contributed by atoms with Gasteiger partial charge in [0.25, 0.3) is 0 Å². The molecule has 1 aliphatic heterocycles. The Morgan fingerprint density at radius 1 is 1.38 bits per heavy atom. The summed E-state index contributed by atoms with van der Waals surface area (Å²) < 4.78 is 0. The Labute approximate surface area is 97.7 Å². The summed E-state index contributed by atoms with van der Waals surface area (Å²) in [5.74, 6) is 0.471. The molecule has 2 atom stereocenters. The van der Waals surface area contributed by atoms with Crippen molar-refractivity contribution in [3.05, 3.63) is 34.9 Å². The zero-order chi connectivity index (χ0) is 11.5. The smallest absolute Gasteiger partial charge is 0.0590 e. The minimum absolute atomic E-state index is 0.231. The molecule has 2 N–H and O–H groups in total. The van der Waals surface area contributed by atoms with E-state index in [1.165, 1.54) is 29.5 Å². The quantitative estimate of drug-likeness (QED) is 0.798. The van der Waals surface area contributed by atoms with Crippen LogP contribution in [0.2, 0.25) is 0 Å². The predicted molar refractivity (Wildman–Crippen MR) is 66.8 cm³/mol. The molecule has 2 rings (SSSR count). The number of rotatable bonds is 2. The van der Waals surface area contributed by atoms with Crippen molar-refractivity contribution in [1.82, 2.24) is 5.32 Å². The van der Waals surface area contributed by atoms with Crippen LogP contribution in [0.5, 0.6) is 0 Å². The molecule has 0 radical (unpaired) electrons. The van der Waals surface area contributed by atoms with Crippen molar-refractivity contribution in [2.24, 2.45) is 0 Å². The fraction of sp³-hybridized carbons (Fsp3) is 0.571. The van der Waals surface area contributed by atoms with Crippen LogP contribution in [0.3, 0.4) is 0 Å². The molecule has 0 saturated carbocycles. The minimum atomic E-state index is 0.231. The molecule has 2 nitrogen and oxygen atoms in total. The Kier molecular flexibility index (Phi) is 3.62. The lowest BCUT2D eigenvalue weighted by atomic mass is 9.82. The van der Waals surface area contributed by atoms with Gasteiger partial charge in [-0.2, -0.15) is 0 Å². The van der Waals surface area contributed by atoms with Crippen molar-refractivity contribution >= 4 is 0 Å². The molecule has 1 aromatic rings. The number of hydrogen-bond donors (Lipinski definition) is 2. The highest BCUT2D eigenvalue weighted by Gasteiger charge is 2.26. The summed E-state index contributed by atoms with van der Waals surface area (Å²) in [7, 11) is 0.